The number of benzene rings is 1. The summed E-state index contributed by atoms with van der Waals surface area (Å²) in [6.07, 6.45) is 0.775. The molecule has 1 saturated heterocycles. The number of halogens is 2. The van der Waals surface area contributed by atoms with Gasteiger partial charge in [-0.15, -0.1) is 0 Å². The summed E-state index contributed by atoms with van der Waals surface area (Å²) in [4.78, 5) is 16.5. The highest BCUT2D eigenvalue weighted by Crippen LogP contribution is 2.22. The van der Waals surface area contributed by atoms with Crippen LogP contribution in [0, 0.1) is 0 Å². The van der Waals surface area contributed by atoms with Gasteiger partial charge in [0.15, 0.2) is 0 Å². The van der Waals surface area contributed by atoms with Gasteiger partial charge in [-0.3, -0.25) is 9.69 Å². The van der Waals surface area contributed by atoms with Crippen molar-refractivity contribution >= 4 is 29.1 Å². The molecule has 1 N–H and O–H groups in total. The first-order valence-corrected chi connectivity index (χ1v) is 7.45. The number of hydrogen-bond donors (Lipinski definition) is 1. The molecule has 1 aromatic carbocycles. The summed E-state index contributed by atoms with van der Waals surface area (Å²) in [5.74, 6) is -0.0477. The molecule has 6 heteroatoms. The standard InChI is InChI=1S/C14H18Cl2N2O2/c15-11-2-3-12(13(16)10-11)14(20)18-7-5-17(6-8-18)4-1-9-19/h2-3,10,19H,1,4-9H2. The van der Waals surface area contributed by atoms with E-state index < -0.39 is 0 Å². The van der Waals surface area contributed by atoms with Gasteiger partial charge >= 0.3 is 0 Å². The van der Waals surface area contributed by atoms with Crippen molar-refractivity contribution in [1.82, 2.24) is 9.80 Å². The Kier molecular flexibility index (Phi) is 5.66. The Morgan fingerprint density at radius 3 is 2.50 bits per heavy atom. The Bertz CT molecular complexity index is 474. The maximum absolute atomic E-state index is 12.4. The number of aliphatic hydroxyl groups excluding tert-OH is 1. The molecular weight excluding hydrogens is 299 g/mol. The molecule has 1 heterocycles. The molecule has 0 atom stereocenters. The topological polar surface area (TPSA) is 43.8 Å². The lowest BCUT2D eigenvalue weighted by Crippen LogP contribution is -2.49. The van der Waals surface area contributed by atoms with Gasteiger partial charge in [0.25, 0.3) is 5.91 Å². The van der Waals surface area contributed by atoms with Crippen molar-refractivity contribution in [2.45, 2.75) is 6.42 Å². The molecular formula is C14H18Cl2N2O2. The average Bonchev–Trinajstić information content (AvgIpc) is 2.45. The summed E-state index contributed by atoms with van der Waals surface area (Å²) < 4.78 is 0. The Morgan fingerprint density at radius 1 is 1.20 bits per heavy atom. The van der Waals surface area contributed by atoms with Crippen LogP contribution in [0.15, 0.2) is 18.2 Å². The molecule has 0 aromatic heterocycles. The normalized spacial score (nSPS) is 16.4. The van der Waals surface area contributed by atoms with Crippen LogP contribution in [0.3, 0.4) is 0 Å². The van der Waals surface area contributed by atoms with E-state index in [1.165, 1.54) is 0 Å². The van der Waals surface area contributed by atoms with Gasteiger partial charge in [-0.1, -0.05) is 23.2 Å². The number of nitrogens with zero attached hydrogens (tertiary/aromatic N) is 2. The number of carbonyl (C=O) groups excluding carboxylic acids is 1. The average molecular weight is 317 g/mol. The third kappa shape index (κ3) is 3.85. The van der Waals surface area contributed by atoms with Crippen molar-refractivity contribution in [3.05, 3.63) is 33.8 Å². The predicted octanol–water partition coefficient (Wildman–Crippen LogP) is 2.13. The second-order valence-corrected chi connectivity index (χ2v) is 5.68. The highest BCUT2D eigenvalue weighted by Gasteiger charge is 2.23. The van der Waals surface area contributed by atoms with Gasteiger partial charge in [-0.25, -0.2) is 0 Å². The van der Waals surface area contributed by atoms with Gasteiger partial charge in [-0.05, 0) is 24.6 Å². The lowest BCUT2D eigenvalue weighted by molar-refractivity contribution is 0.0629. The Labute approximate surface area is 128 Å². The first-order chi connectivity index (χ1) is 9.61. The van der Waals surface area contributed by atoms with E-state index in [9.17, 15) is 4.79 Å². The number of aliphatic hydroxyl groups is 1. The molecule has 0 saturated carbocycles. The molecule has 1 aromatic rings. The number of piperazine rings is 1. The summed E-state index contributed by atoms with van der Waals surface area (Å²) in [5.41, 5.74) is 0.500. The van der Waals surface area contributed by atoms with Crippen molar-refractivity contribution < 1.29 is 9.90 Å². The van der Waals surface area contributed by atoms with Crippen molar-refractivity contribution in [3.8, 4) is 0 Å². The quantitative estimate of drug-likeness (QED) is 0.925. The Morgan fingerprint density at radius 2 is 1.90 bits per heavy atom. The molecule has 1 aliphatic heterocycles. The lowest BCUT2D eigenvalue weighted by atomic mass is 10.1. The molecule has 0 bridgehead atoms. The van der Waals surface area contributed by atoms with E-state index in [0.29, 0.717) is 28.7 Å². The smallest absolute Gasteiger partial charge is 0.255 e. The minimum atomic E-state index is -0.0477. The monoisotopic (exact) mass is 316 g/mol. The van der Waals surface area contributed by atoms with Crippen LogP contribution >= 0.6 is 23.2 Å². The summed E-state index contributed by atoms with van der Waals surface area (Å²) in [5, 5.41) is 9.74. The molecule has 1 aliphatic rings. The maximum atomic E-state index is 12.4. The van der Waals surface area contributed by atoms with Crippen molar-refractivity contribution in [2.24, 2.45) is 0 Å². The zero-order chi connectivity index (χ0) is 14.5. The van der Waals surface area contributed by atoms with Gasteiger partial charge in [0.05, 0.1) is 10.6 Å². The number of hydrogen-bond acceptors (Lipinski definition) is 3. The van der Waals surface area contributed by atoms with Crippen LogP contribution in [0.5, 0.6) is 0 Å². The molecule has 0 spiro atoms. The fraction of sp³-hybridized carbons (Fsp3) is 0.500. The number of carbonyl (C=O) groups is 1. The van der Waals surface area contributed by atoms with Crippen LogP contribution in [0.2, 0.25) is 10.0 Å². The van der Waals surface area contributed by atoms with Crippen molar-refractivity contribution in [3.63, 3.8) is 0 Å². The number of amides is 1. The molecule has 1 amide bonds. The molecule has 1 fully saturated rings. The zero-order valence-electron chi connectivity index (χ0n) is 11.2. The third-order valence-electron chi connectivity index (χ3n) is 3.45. The van der Waals surface area contributed by atoms with E-state index >= 15 is 0 Å². The van der Waals surface area contributed by atoms with E-state index in [2.05, 4.69) is 4.90 Å². The van der Waals surface area contributed by atoms with E-state index in [-0.39, 0.29) is 12.5 Å². The van der Waals surface area contributed by atoms with Crippen molar-refractivity contribution in [2.75, 3.05) is 39.3 Å². The van der Waals surface area contributed by atoms with E-state index in [4.69, 9.17) is 28.3 Å². The van der Waals surface area contributed by atoms with Crippen LogP contribution < -0.4 is 0 Å². The molecule has 0 unspecified atom stereocenters. The SMILES string of the molecule is O=C(c1ccc(Cl)cc1Cl)N1CCN(CCCO)CC1. The summed E-state index contributed by atoms with van der Waals surface area (Å²) in [6.45, 7) is 4.11. The van der Waals surface area contributed by atoms with Gasteiger partial charge in [0.2, 0.25) is 0 Å². The first kappa shape index (κ1) is 15.6. The van der Waals surface area contributed by atoms with E-state index in [1.807, 2.05) is 4.90 Å². The van der Waals surface area contributed by atoms with Crippen LogP contribution in [-0.4, -0.2) is 60.1 Å². The second-order valence-electron chi connectivity index (χ2n) is 4.84. The molecule has 0 aliphatic carbocycles. The van der Waals surface area contributed by atoms with Crippen molar-refractivity contribution in [1.29, 1.82) is 0 Å². The first-order valence-electron chi connectivity index (χ1n) is 6.69. The fourth-order valence-electron chi connectivity index (χ4n) is 2.30. The van der Waals surface area contributed by atoms with E-state index in [0.717, 1.165) is 26.1 Å². The minimum Gasteiger partial charge on any atom is -0.396 e. The highest BCUT2D eigenvalue weighted by atomic mass is 35.5. The molecule has 0 radical (unpaired) electrons. The Balaban J connectivity index is 1.94. The molecule has 110 valence electrons. The highest BCUT2D eigenvalue weighted by molar-refractivity contribution is 6.36. The molecule has 4 nitrogen and oxygen atoms in total. The van der Waals surface area contributed by atoms with Gasteiger partial charge in [-0.2, -0.15) is 0 Å². The zero-order valence-corrected chi connectivity index (χ0v) is 12.7. The van der Waals surface area contributed by atoms with Gasteiger partial charge in [0.1, 0.15) is 0 Å². The second kappa shape index (κ2) is 7.27. The molecule has 20 heavy (non-hydrogen) atoms. The summed E-state index contributed by atoms with van der Waals surface area (Å²) >= 11 is 11.9. The summed E-state index contributed by atoms with van der Waals surface area (Å²) in [6, 6.07) is 4.94. The minimum absolute atomic E-state index is 0.0477. The van der Waals surface area contributed by atoms with Crippen LogP contribution in [0.1, 0.15) is 16.8 Å². The van der Waals surface area contributed by atoms with Gasteiger partial charge < -0.3 is 10.0 Å². The molecule has 2 rings (SSSR count). The van der Waals surface area contributed by atoms with Crippen LogP contribution in [0.25, 0.3) is 0 Å². The fourth-order valence-corrected chi connectivity index (χ4v) is 2.79. The number of rotatable bonds is 4. The summed E-state index contributed by atoms with van der Waals surface area (Å²) in [7, 11) is 0. The van der Waals surface area contributed by atoms with Crippen LogP contribution in [0.4, 0.5) is 0 Å². The van der Waals surface area contributed by atoms with Gasteiger partial charge in [0, 0.05) is 44.4 Å². The van der Waals surface area contributed by atoms with E-state index in [1.54, 1.807) is 18.2 Å². The third-order valence-corrected chi connectivity index (χ3v) is 4.00. The largest absolute Gasteiger partial charge is 0.396 e. The van der Waals surface area contributed by atoms with Crippen LogP contribution in [-0.2, 0) is 0 Å². The maximum Gasteiger partial charge on any atom is 0.255 e. The predicted molar refractivity (Wildman–Crippen MR) is 80.5 cm³/mol. The lowest BCUT2D eigenvalue weighted by Gasteiger charge is -2.34. The Hall–Kier alpha value is -0.810.